The van der Waals surface area contributed by atoms with E-state index in [1.807, 2.05) is 12.1 Å². The van der Waals surface area contributed by atoms with Gasteiger partial charge in [-0.2, -0.15) is 0 Å². The maximum Gasteiger partial charge on any atom is 0.140 e. The topological polar surface area (TPSA) is 26.3 Å². The Hall–Kier alpha value is -2.09. The van der Waals surface area contributed by atoms with Crippen molar-refractivity contribution in [3.8, 4) is 16.9 Å². The number of ether oxygens (including phenoxy) is 1. The molecule has 1 aliphatic carbocycles. The summed E-state index contributed by atoms with van der Waals surface area (Å²) in [6.45, 7) is 2.20. The van der Waals surface area contributed by atoms with E-state index < -0.39 is 0 Å². The first-order chi connectivity index (χ1) is 11.7. The molecule has 2 aromatic rings. The fourth-order valence-corrected chi connectivity index (χ4v) is 3.79. The molecule has 126 valence electrons. The molecule has 1 saturated carbocycles. The van der Waals surface area contributed by atoms with Gasteiger partial charge in [0.2, 0.25) is 0 Å². The molecule has 2 heteroatoms. The molecule has 1 aliphatic rings. The highest BCUT2D eigenvalue weighted by Crippen LogP contribution is 2.35. The van der Waals surface area contributed by atoms with Crippen LogP contribution in [0, 0.1) is 5.92 Å². The first-order valence-electron chi connectivity index (χ1n) is 8.98. The number of carbonyl (C=O) groups excluding carboxylic acids is 1. The van der Waals surface area contributed by atoms with Crippen LogP contribution in [0.4, 0.5) is 0 Å². The average Bonchev–Trinajstić information content (AvgIpc) is 2.62. The molecule has 0 aliphatic heterocycles. The lowest BCUT2D eigenvalue weighted by Crippen LogP contribution is -2.23. The molecular formula is C22H26O2. The van der Waals surface area contributed by atoms with Gasteiger partial charge in [0.25, 0.3) is 0 Å². The van der Waals surface area contributed by atoms with Crippen LogP contribution in [0.5, 0.6) is 5.75 Å². The lowest BCUT2D eigenvalue weighted by atomic mass is 9.76. The second kappa shape index (κ2) is 7.65. The summed E-state index contributed by atoms with van der Waals surface area (Å²) in [6, 6.07) is 16.6. The number of hydrogen-bond acceptors (Lipinski definition) is 2. The van der Waals surface area contributed by atoms with E-state index in [0.29, 0.717) is 11.7 Å². The standard InChI is InChI=1S/C22H26O2/c1-3-4-16-5-14-21(22(23)15-16)19-8-6-17(7-9-19)18-10-12-20(24-2)13-11-18/h6-13,16,21H,3-5,14-15H2,1-2H3/t16-,21+/m0/s1. The number of methoxy groups -OCH3 is 1. The van der Waals surface area contributed by atoms with Crippen molar-refractivity contribution < 1.29 is 9.53 Å². The highest BCUT2D eigenvalue weighted by atomic mass is 16.5. The fraction of sp³-hybridized carbons (Fsp3) is 0.409. The second-order valence-corrected chi connectivity index (χ2v) is 6.81. The van der Waals surface area contributed by atoms with Crippen LogP contribution in [-0.4, -0.2) is 12.9 Å². The molecule has 24 heavy (non-hydrogen) atoms. The van der Waals surface area contributed by atoms with E-state index in [4.69, 9.17) is 4.74 Å². The monoisotopic (exact) mass is 322 g/mol. The molecule has 2 nitrogen and oxygen atoms in total. The molecule has 0 aromatic heterocycles. The summed E-state index contributed by atoms with van der Waals surface area (Å²) < 4.78 is 5.20. The maximum absolute atomic E-state index is 12.5. The van der Waals surface area contributed by atoms with Crippen LogP contribution in [0.3, 0.4) is 0 Å². The predicted molar refractivity (Wildman–Crippen MR) is 98.4 cm³/mol. The zero-order valence-electron chi connectivity index (χ0n) is 14.6. The van der Waals surface area contributed by atoms with Crippen molar-refractivity contribution in [1.82, 2.24) is 0 Å². The second-order valence-electron chi connectivity index (χ2n) is 6.81. The third kappa shape index (κ3) is 3.69. The zero-order chi connectivity index (χ0) is 16.9. The van der Waals surface area contributed by atoms with Crippen LogP contribution in [0.25, 0.3) is 11.1 Å². The quantitative estimate of drug-likeness (QED) is 0.714. The molecule has 0 radical (unpaired) electrons. The molecule has 0 amide bonds. The Labute approximate surface area is 144 Å². The molecule has 3 rings (SSSR count). The summed E-state index contributed by atoms with van der Waals surface area (Å²) in [5.74, 6) is 2.00. The number of benzene rings is 2. The van der Waals surface area contributed by atoms with Gasteiger partial charge < -0.3 is 4.74 Å². The van der Waals surface area contributed by atoms with Crippen LogP contribution in [-0.2, 0) is 4.79 Å². The van der Waals surface area contributed by atoms with E-state index in [9.17, 15) is 4.79 Å². The third-order valence-electron chi connectivity index (χ3n) is 5.18. The largest absolute Gasteiger partial charge is 0.497 e. The Morgan fingerprint density at radius 3 is 2.12 bits per heavy atom. The van der Waals surface area contributed by atoms with E-state index in [-0.39, 0.29) is 5.92 Å². The van der Waals surface area contributed by atoms with Gasteiger partial charge in [-0.15, -0.1) is 0 Å². The highest BCUT2D eigenvalue weighted by Gasteiger charge is 2.29. The zero-order valence-corrected chi connectivity index (χ0v) is 14.6. The van der Waals surface area contributed by atoms with Gasteiger partial charge in [0.1, 0.15) is 11.5 Å². The van der Waals surface area contributed by atoms with Crippen molar-refractivity contribution in [1.29, 1.82) is 0 Å². The fourth-order valence-electron chi connectivity index (χ4n) is 3.79. The van der Waals surface area contributed by atoms with Crippen molar-refractivity contribution in [2.24, 2.45) is 5.92 Å². The molecule has 2 aromatic carbocycles. The molecule has 1 fully saturated rings. The van der Waals surface area contributed by atoms with E-state index in [0.717, 1.165) is 18.6 Å². The minimum absolute atomic E-state index is 0.100. The van der Waals surface area contributed by atoms with Gasteiger partial charge in [-0.25, -0.2) is 0 Å². The van der Waals surface area contributed by atoms with Gasteiger partial charge in [-0.1, -0.05) is 56.2 Å². The van der Waals surface area contributed by atoms with Crippen molar-refractivity contribution in [2.75, 3.05) is 7.11 Å². The first-order valence-corrected chi connectivity index (χ1v) is 8.98. The van der Waals surface area contributed by atoms with Gasteiger partial charge >= 0.3 is 0 Å². The van der Waals surface area contributed by atoms with Gasteiger partial charge in [-0.05, 0) is 47.6 Å². The summed E-state index contributed by atoms with van der Waals surface area (Å²) in [7, 11) is 1.68. The summed E-state index contributed by atoms with van der Waals surface area (Å²) in [6.07, 6.45) is 5.32. The molecule has 0 saturated heterocycles. The van der Waals surface area contributed by atoms with Crippen molar-refractivity contribution in [2.45, 2.75) is 44.9 Å². The smallest absolute Gasteiger partial charge is 0.140 e. The summed E-state index contributed by atoms with van der Waals surface area (Å²) in [5.41, 5.74) is 3.51. The Balaban J connectivity index is 1.71. The van der Waals surface area contributed by atoms with E-state index in [1.165, 1.54) is 36.0 Å². The van der Waals surface area contributed by atoms with Gasteiger partial charge in [0, 0.05) is 12.3 Å². The van der Waals surface area contributed by atoms with Crippen molar-refractivity contribution in [3.63, 3.8) is 0 Å². The van der Waals surface area contributed by atoms with Crippen LogP contribution in [0.1, 0.15) is 50.5 Å². The van der Waals surface area contributed by atoms with Gasteiger partial charge in [-0.3, -0.25) is 4.79 Å². The molecule has 0 heterocycles. The van der Waals surface area contributed by atoms with E-state index >= 15 is 0 Å². The van der Waals surface area contributed by atoms with Crippen molar-refractivity contribution in [3.05, 3.63) is 54.1 Å². The number of rotatable bonds is 5. The number of ketones is 1. The van der Waals surface area contributed by atoms with E-state index in [2.05, 4.69) is 43.3 Å². The lowest BCUT2D eigenvalue weighted by Gasteiger charge is -2.27. The summed E-state index contributed by atoms with van der Waals surface area (Å²) in [5, 5.41) is 0. The van der Waals surface area contributed by atoms with E-state index in [1.54, 1.807) is 7.11 Å². The molecule has 0 N–H and O–H groups in total. The predicted octanol–water partition coefficient (Wildman–Crippen LogP) is 5.62. The van der Waals surface area contributed by atoms with Crippen LogP contribution in [0.15, 0.2) is 48.5 Å². The Morgan fingerprint density at radius 1 is 0.958 bits per heavy atom. The summed E-state index contributed by atoms with van der Waals surface area (Å²) in [4.78, 5) is 12.5. The normalized spacial score (nSPS) is 20.8. The first kappa shape index (κ1) is 16.8. The number of hydrogen-bond donors (Lipinski definition) is 0. The average molecular weight is 322 g/mol. The number of carbonyl (C=O) groups is 1. The molecule has 0 bridgehead atoms. The molecular weight excluding hydrogens is 296 g/mol. The van der Waals surface area contributed by atoms with Crippen molar-refractivity contribution >= 4 is 5.78 Å². The maximum atomic E-state index is 12.5. The Bertz CT molecular complexity index is 670. The minimum atomic E-state index is 0.100. The summed E-state index contributed by atoms with van der Waals surface area (Å²) >= 11 is 0. The van der Waals surface area contributed by atoms with Crippen LogP contribution >= 0.6 is 0 Å². The highest BCUT2D eigenvalue weighted by molar-refractivity contribution is 5.86. The Kier molecular flexibility index (Phi) is 5.34. The van der Waals surface area contributed by atoms with Gasteiger partial charge in [0.15, 0.2) is 0 Å². The molecule has 0 unspecified atom stereocenters. The minimum Gasteiger partial charge on any atom is -0.497 e. The Morgan fingerprint density at radius 2 is 1.58 bits per heavy atom. The van der Waals surface area contributed by atoms with Gasteiger partial charge in [0.05, 0.1) is 7.11 Å². The molecule has 0 spiro atoms. The lowest BCUT2D eigenvalue weighted by molar-refractivity contribution is -0.123. The third-order valence-corrected chi connectivity index (χ3v) is 5.18. The SMILES string of the molecule is CCC[C@H]1CC[C@H](c2ccc(-c3ccc(OC)cc3)cc2)C(=O)C1. The number of Topliss-reactive ketones (excluding diaryl/α,β-unsaturated/α-hetero) is 1. The molecule has 2 atom stereocenters. The van der Waals surface area contributed by atoms with Crippen LogP contribution in [0.2, 0.25) is 0 Å². The van der Waals surface area contributed by atoms with Crippen LogP contribution < -0.4 is 4.74 Å².